The number of nitrogens with one attached hydrogen (secondary N) is 1. The lowest BCUT2D eigenvalue weighted by Crippen LogP contribution is -2.13. The third-order valence-electron chi connectivity index (χ3n) is 5.24. The van der Waals surface area contributed by atoms with E-state index in [2.05, 4.69) is 16.5 Å². The molecular weight excluding hydrogens is 493 g/mol. The molecule has 174 valence electrons. The number of aryl methyl sites for hydroxylation is 2. The van der Waals surface area contributed by atoms with E-state index in [4.69, 9.17) is 39.5 Å². The highest BCUT2D eigenvalue weighted by Gasteiger charge is 2.15. The van der Waals surface area contributed by atoms with Gasteiger partial charge in [0.1, 0.15) is 17.4 Å². The van der Waals surface area contributed by atoms with Crippen LogP contribution in [0, 0.1) is 13.8 Å². The van der Waals surface area contributed by atoms with Gasteiger partial charge < -0.3 is 10.1 Å². The Kier molecular flexibility index (Phi) is 7.47. The first kappa shape index (κ1) is 24.1. The van der Waals surface area contributed by atoms with Crippen molar-refractivity contribution in [2.24, 2.45) is 0 Å². The highest BCUT2D eigenvalue weighted by Crippen LogP contribution is 2.27. The monoisotopic (exact) mass is 513 g/mol. The van der Waals surface area contributed by atoms with Crippen LogP contribution in [0.1, 0.15) is 32.6 Å². The second-order valence-electron chi connectivity index (χ2n) is 7.94. The normalized spacial score (nSPS) is 10.9. The van der Waals surface area contributed by atoms with Gasteiger partial charge in [-0.2, -0.15) is 5.10 Å². The minimum absolute atomic E-state index is 0.256. The summed E-state index contributed by atoms with van der Waals surface area (Å²) in [6.45, 7) is 4.72. The summed E-state index contributed by atoms with van der Waals surface area (Å²) in [5.74, 6) is 0.750. The molecule has 0 saturated carbocycles. The number of carbonyl (C=O) groups is 1. The average molecular weight is 515 g/mol. The molecule has 1 N–H and O–H groups in total. The first-order chi connectivity index (χ1) is 16.3. The van der Waals surface area contributed by atoms with Gasteiger partial charge in [0.25, 0.3) is 5.91 Å². The van der Waals surface area contributed by atoms with Gasteiger partial charge >= 0.3 is 0 Å². The number of amides is 1. The molecule has 0 fully saturated rings. The molecule has 1 aromatic heterocycles. The van der Waals surface area contributed by atoms with Crippen LogP contribution in [0.4, 0.5) is 5.82 Å². The van der Waals surface area contributed by atoms with Crippen molar-refractivity contribution in [2.75, 3.05) is 5.32 Å². The van der Waals surface area contributed by atoms with E-state index >= 15 is 0 Å². The van der Waals surface area contributed by atoms with E-state index in [0.29, 0.717) is 33.8 Å². The highest BCUT2D eigenvalue weighted by molar-refractivity contribution is 6.36. The van der Waals surface area contributed by atoms with Crippen LogP contribution in [0.3, 0.4) is 0 Å². The molecule has 0 saturated heterocycles. The summed E-state index contributed by atoms with van der Waals surface area (Å²) in [6, 6.07) is 18.6. The van der Waals surface area contributed by atoms with Gasteiger partial charge in [-0.25, -0.2) is 0 Å². The lowest BCUT2D eigenvalue weighted by atomic mass is 10.1. The van der Waals surface area contributed by atoms with E-state index in [1.807, 2.05) is 38.1 Å². The Balaban J connectivity index is 1.44. The summed E-state index contributed by atoms with van der Waals surface area (Å²) >= 11 is 18.8. The van der Waals surface area contributed by atoms with Gasteiger partial charge in [-0.05, 0) is 55.3 Å². The molecule has 0 atom stereocenters. The van der Waals surface area contributed by atoms with Gasteiger partial charge in [-0.3, -0.25) is 9.48 Å². The summed E-state index contributed by atoms with van der Waals surface area (Å²) in [4.78, 5) is 12.9. The number of hydrogen-bond donors (Lipinski definition) is 1. The van der Waals surface area contributed by atoms with Crippen LogP contribution < -0.4 is 10.1 Å². The average Bonchev–Trinajstić information content (AvgIpc) is 3.14. The van der Waals surface area contributed by atoms with Crippen molar-refractivity contribution >= 4 is 46.5 Å². The van der Waals surface area contributed by atoms with Crippen LogP contribution in [0.2, 0.25) is 15.1 Å². The number of ether oxygens (including phenoxy) is 1. The number of carbonyl (C=O) groups excluding carboxylic acids is 1. The quantitative estimate of drug-likeness (QED) is 0.281. The van der Waals surface area contributed by atoms with Gasteiger partial charge in [0.2, 0.25) is 0 Å². The maximum atomic E-state index is 12.9. The van der Waals surface area contributed by atoms with Crippen LogP contribution in [0.15, 0.2) is 66.9 Å². The number of hydrogen-bond acceptors (Lipinski definition) is 3. The maximum Gasteiger partial charge on any atom is 0.256 e. The van der Waals surface area contributed by atoms with E-state index in [9.17, 15) is 4.79 Å². The zero-order chi connectivity index (χ0) is 24.2. The van der Waals surface area contributed by atoms with E-state index < -0.39 is 0 Å². The lowest BCUT2D eigenvalue weighted by molar-refractivity contribution is 0.102. The molecular formula is C26H22Cl3N3O2. The predicted octanol–water partition coefficient (Wildman–Crippen LogP) is 7.34. The minimum Gasteiger partial charge on any atom is -0.489 e. The molecule has 0 unspecified atom stereocenters. The number of aromatic nitrogens is 2. The highest BCUT2D eigenvalue weighted by atomic mass is 35.5. The molecule has 8 heteroatoms. The van der Waals surface area contributed by atoms with E-state index in [0.717, 1.165) is 22.4 Å². The first-order valence-corrected chi connectivity index (χ1v) is 11.7. The van der Waals surface area contributed by atoms with Gasteiger partial charge in [-0.1, -0.05) is 70.7 Å². The molecule has 3 aromatic carbocycles. The number of benzene rings is 3. The molecule has 5 nitrogen and oxygen atoms in total. The van der Waals surface area contributed by atoms with Crippen molar-refractivity contribution in [3.8, 4) is 5.75 Å². The Bertz CT molecular complexity index is 1330. The third-order valence-corrected chi connectivity index (χ3v) is 6.23. The molecule has 4 aromatic rings. The summed E-state index contributed by atoms with van der Waals surface area (Å²) in [7, 11) is 0. The van der Waals surface area contributed by atoms with Gasteiger partial charge in [0.15, 0.2) is 5.82 Å². The molecule has 1 amide bonds. The maximum absolute atomic E-state index is 12.9. The van der Waals surface area contributed by atoms with Crippen LogP contribution >= 0.6 is 34.8 Å². The Labute approximate surface area is 213 Å². The van der Waals surface area contributed by atoms with Crippen LogP contribution in [-0.2, 0) is 13.2 Å². The third kappa shape index (κ3) is 5.73. The second kappa shape index (κ2) is 10.5. The van der Waals surface area contributed by atoms with E-state index in [-0.39, 0.29) is 11.7 Å². The summed E-state index contributed by atoms with van der Waals surface area (Å²) in [5, 5.41) is 8.52. The van der Waals surface area contributed by atoms with Gasteiger partial charge in [-0.15, -0.1) is 0 Å². The Hall–Kier alpha value is -2.99. The van der Waals surface area contributed by atoms with Gasteiger partial charge in [0.05, 0.1) is 6.54 Å². The largest absolute Gasteiger partial charge is 0.489 e. The molecule has 4 rings (SSSR count). The van der Waals surface area contributed by atoms with Crippen molar-refractivity contribution in [3.63, 3.8) is 0 Å². The number of anilines is 1. The molecule has 0 spiro atoms. The number of nitrogens with zero attached hydrogens (tertiary/aromatic N) is 2. The Morgan fingerprint density at radius 2 is 1.71 bits per heavy atom. The first-order valence-electron chi connectivity index (χ1n) is 10.6. The van der Waals surface area contributed by atoms with Crippen molar-refractivity contribution in [1.82, 2.24) is 9.78 Å². The van der Waals surface area contributed by atoms with E-state index in [1.54, 1.807) is 41.2 Å². The molecule has 34 heavy (non-hydrogen) atoms. The fourth-order valence-corrected chi connectivity index (χ4v) is 4.23. The topological polar surface area (TPSA) is 56.1 Å². The minimum atomic E-state index is -0.323. The van der Waals surface area contributed by atoms with Gasteiger partial charge in [0, 0.05) is 27.4 Å². The summed E-state index contributed by atoms with van der Waals surface area (Å²) in [5.41, 5.74) is 4.32. The summed E-state index contributed by atoms with van der Waals surface area (Å²) < 4.78 is 7.52. The molecule has 0 aliphatic carbocycles. The molecule has 1 heterocycles. The zero-order valence-electron chi connectivity index (χ0n) is 18.6. The Morgan fingerprint density at radius 3 is 2.44 bits per heavy atom. The molecule has 0 aliphatic heterocycles. The van der Waals surface area contributed by atoms with Crippen LogP contribution in [0.5, 0.6) is 5.75 Å². The summed E-state index contributed by atoms with van der Waals surface area (Å²) in [6.07, 6.45) is 1.62. The smallest absolute Gasteiger partial charge is 0.256 e. The van der Waals surface area contributed by atoms with Crippen molar-refractivity contribution in [2.45, 2.75) is 27.0 Å². The molecule has 0 radical (unpaired) electrons. The van der Waals surface area contributed by atoms with Crippen molar-refractivity contribution in [3.05, 3.63) is 110 Å². The molecule has 0 aliphatic rings. The predicted molar refractivity (Wildman–Crippen MR) is 137 cm³/mol. The van der Waals surface area contributed by atoms with E-state index in [1.165, 1.54) is 5.56 Å². The van der Waals surface area contributed by atoms with Crippen LogP contribution in [0.25, 0.3) is 0 Å². The van der Waals surface area contributed by atoms with Crippen LogP contribution in [-0.4, -0.2) is 15.7 Å². The Morgan fingerprint density at radius 1 is 0.971 bits per heavy atom. The fourth-order valence-electron chi connectivity index (χ4n) is 3.51. The number of rotatable bonds is 7. The lowest BCUT2D eigenvalue weighted by Gasteiger charge is -2.11. The molecule has 0 bridgehead atoms. The van der Waals surface area contributed by atoms with Crippen molar-refractivity contribution < 1.29 is 9.53 Å². The standard InChI is InChI=1S/C26H22Cl3N3O2/c1-16-9-10-24(17(2)11-16)34-15-18-5-3-6-19(12-18)26(33)30-25-23(29)14-32(31-25)13-20-21(27)7-4-8-22(20)28/h3-12,14H,13,15H2,1-2H3,(H,30,31,33). The second-order valence-corrected chi connectivity index (χ2v) is 9.16. The SMILES string of the molecule is Cc1ccc(OCc2cccc(C(=O)Nc3nn(Cc4c(Cl)cccc4Cl)cc3Cl)c2)c(C)c1. The number of halogens is 3. The fraction of sp³-hybridized carbons (Fsp3) is 0.154. The zero-order valence-corrected chi connectivity index (χ0v) is 20.9. The van der Waals surface area contributed by atoms with Crippen molar-refractivity contribution in [1.29, 1.82) is 0 Å².